The van der Waals surface area contributed by atoms with Crippen LogP contribution in [0.2, 0.25) is 0 Å². The van der Waals surface area contributed by atoms with Crippen molar-refractivity contribution in [1.82, 2.24) is 15.1 Å². The summed E-state index contributed by atoms with van der Waals surface area (Å²) in [4.78, 5) is 29.3. The molecule has 2 rings (SSSR count). The van der Waals surface area contributed by atoms with Gasteiger partial charge in [-0.1, -0.05) is 13.8 Å². The first-order valence-corrected chi connectivity index (χ1v) is 11.0. The second kappa shape index (κ2) is 12.6. The van der Waals surface area contributed by atoms with E-state index in [9.17, 15) is 9.59 Å². The van der Waals surface area contributed by atoms with Gasteiger partial charge in [0.05, 0.1) is 17.9 Å². The van der Waals surface area contributed by atoms with Crippen LogP contribution in [0, 0.1) is 0 Å². The van der Waals surface area contributed by atoms with E-state index in [2.05, 4.69) is 24.1 Å². The quantitative estimate of drug-likeness (QED) is 0.544. The van der Waals surface area contributed by atoms with Crippen molar-refractivity contribution in [2.45, 2.75) is 65.0 Å². The van der Waals surface area contributed by atoms with Crippen LogP contribution in [-0.4, -0.2) is 73.1 Å². The minimum absolute atomic E-state index is 0.0160. The molecule has 164 valence electrons. The number of ether oxygens (including phenoxy) is 1. The second-order valence-electron chi connectivity index (χ2n) is 7.79. The molecule has 7 nitrogen and oxygen atoms in total. The zero-order valence-corrected chi connectivity index (χ0v) is 18.2. The molecule has 2 atom stereocenters. The standard InChI is InChI=1S/C22H37N3O4/c1-4-24(5-2)12-6-8-18(3)23-21(26)10-13-25(16-20-9-7-14-29-20)22(27)19-11-15-28-17-19/h11,15,17-18,20H,4-10,12-14,16H2,1-3H3,(H,23,26). The molecule has 0 radical (unpaired) electrons. The van der Waals surface area contributed by atoms with Crippen molar-refractivity contribution in [3.05, 3.63) is 24.2 Å². The smallest absolute Gasteiger partial charge is 0.257 e. The Kier molecular flexibility index (Phi) is 10.2. The normalized spacial score (nSPS) is 17.4. The van der Waals surface area contributed by atoms with Crippen molar-refractivity contribution in [1.29, 1.82) is 0 Å². The predicted molar refractivity (Wildman–Crippen MR) is 113 cm³/mol. The van der Waals surface area contributed by atoms with E-state index in [-0.39, 0.29) is 30.4 Å². The van der Waals surface area contributed by atoms with Crippen molar-refractivity contribution < 1.29 is 18.7 Å². The monoisotopic (exact) mass is 407 g/mol. The van der Waals surface area contributed by atoms with Gasteiger partial charge >= 0.3 is 0 Å². The van der Waals surface area contributed by atoms with Gasteiger partial charge in [0.2, 0.25) is 5.91 Å². The lowest BCUT2D eigenvalue weighted by molar-refractivity contribution is -0.122. The molecule has 2 heterocycles. The lowest BCUT2D eigenvalue weighted by Crippen LogP contribution is -2.41. The van der Waals surface area contributed by atoms with Gasteiger partial charge in [-0.3, -0.25) is 9.59 Å². The predicted octanol–water partition coefficient (Wildman–Crippen LogP) is 2.92. The summed E-state index contributed by atoms with van der Waals surface area (Å²) in [7, 11) is 0. The van der Waals surface area contributed by atoms with E-state index >= 15 is 0 Å². The van der Waals surface area contributed by atoms with E-state index in [0.717, 1.165) is 51.9 Å². The number of furan rings is 1. The summed E-state index contributed by atoms with van der Waals surface area (Å²) in [5, 5.41) is 3.07. The molecule has 2 unspecified atom stereocenters. The minimum atomic E-state index is -0.116. The van der Waals surface area contributed by atoms with Crippen LogP contribution in [0.15, 0.2) is 23.0 Å². The lowest BCUT2D eigenvalue weighted by atomic mass is 10.1. The van der Waals surface area contributed by atoms with E-state index in [1.807, 2.05) is 6.92 Å². The van der Waals surface area contributed by atoms with Crippen molar-refractivity contribution >= 4 is 11.8 Å². The fourth-order valence-corrected chi connectivity index (χ4v) is 3.70. The third-order valence-corrected chi connectivity index (χ3v) is 5.53. The van der Waals surface area contributed by atoms with E-state index in [0.29, 0.717) is 18.7 Å². The van der Waals surface area contributed by atoms with E-state index < -0.39 is 0 Å². The van der Waals surface area contributed by atoms with Crippen molar-refractivity contribution in [2.24, 2.45) is 0 Å². The summed E-state index contributed by atoms with van der Waals surface area (Å²) < 4.78 is 10.7. The molecule has 7 heteroatoms. The summed E-state index contributed by atoms with van der Waals surface area (Å²) in [6, 6.07) is 1.79. The highest BCUT2D eigenvalue weighted by Gasteiger charge is 2.24. The number of amides is 2. The number of nitrogens with one attached hydrogen (secondary N) is 1. The van der Waals surface area contributed by atoms with Crippen LogP contribution in [0.25, 0.3) is 0 Å². The minimum Gasteiger partial charge on any atom is -0.472 e. The first kappa shape index (κ1) is 23.4. The number of carbonyl (C=O) groups is 2. The Morgan fingerprint density at radius 2 is 2.07 bits per heavy atom. The molecule has 1 aliphatic rings. The average Bonchev–Trinajstić information content (AvgIpc) is 3.42. The van der Waals surface area contributed by atoms with Crippen molar-refractivity contribution in [3.63, 3.8) is 0 Å². The zero-order valence-electron chi connectivity index (χ0n) is 18.2. The molecule has 1 aromatic heterocycles. The second-order valence-corrected chi connectivity index (χ2v) is 7.79. The van der Waals surface area contributed by atoms with Crippen LogP contribution in [0.1, 0.15) is 63.2 Å². The topological polar surface area (TPSA) is 75.0 Å². The molecular weight excluding hydrogens is 370 g/mol. The summed E-state index contributed by atoms with van der Waals surface area (Å²) in [6.07, 6.45) is 7.26. The lowest BCUT2D eigenvalue weighted by Gasteiger charge is -2.25. The fourth-order valence-electron chi connectivity index (χ4n) is 3.70. The van der Waals surface area contributed by atoms with E-state index in [1.165, 1.54) is 12.5 Å². The number of carbonyl (C=O) groups excluding carboxylic acids is 2. The molecule has 0 bridgehead atoms. The maximum absolute atomic E-state index is 12.8. The third-order valence-electron chi connectivity index (χ3n) is 5.53. The molecule has 1 aliphatic heterocycles. The highest BCUT2D eigenvalue weighted by Crippen LogP contribution is 2.16. The Labute approximate surface area is 174 Å². The van der Waals surface area contributed by atoms with Gasteiger partial charge < -0.3 is 24.3 Å². The van der Waals surface area contributed by atoms with Gasteiger partial charge in [-0.15, -0.1) is 0 Å². The van der Waals surface area contributed by atoms with Crippen molar-refractivity contribution in [2.75, 3.05) is 39.3 Å². The van der Waals surface area contributed by atoms with Crippen LogP contribution in [0.3, 0.4) is 0 Å². The largest absolute Gasteiger partial charge is 0.472 e. The maximum atomic E-state index is 12.8. The SMILES string of the molecule is CCN(CC)CCCC(C)NC(=O)CCN(CC1CCCO1)C(=O)c1ccoc1. The first-order valence-electron chi connectivity index (χ1n) is 11.0. The summed E-state index contributed by atoms with van der Waals surface area (Å²) in [6.45, 7) is 11.2. The molecule has 0 spiro atoms. The van der Waals surface area contributed by atoms with E-state index in [1.54, 1.807) is 11.0 Å². The van der Waals surface area contributed by atoms with Crippen molar-refractivity contribution in [3.8, 4) is 0 Å². The maximum Gasteiger partial charge on any atom is 0.257 e. The Bertz CT molecular complexity index is 595. The molecule has 0 aliphatic carbocycles. The van der Waals surface area contributed by atoms with E-state index in [4.69, 9.17) is 9.15 Å². The van der Waals surface area contributed by atoms with Crippen LogP contribution < -0.4 is 5.32 Å². The molecule has 0 aromatic carbocycles. The molecule has 1 saturated heterocycles. The summed E-state index contributed by atoms with van der Waals surface area (Å²) >= 11 is 0. The van der Waals surface area contributed by atoms with Gasteiger partial charge in [-0.05, 0) is 58.3 Å². The molecule has 1 fully saturated rings. The van der Waals surface area contributed by atoms with Crippen LogP contribution in [0.5, 0.6) is 0 Å². The Morgan fingerprint density at radius 1 is 1.28 bits per heavy atom. The fraction of sp³-hybridized carbons (Fsp3) is 0.727. The number of hydrogen-bond donors (Lipinski definition) is 1. The first-order chi connectivity index (χ1) is 14.0. The highest BCUT2D eigenvalue weighted by atomic mass is 16.5. The summed E-state index contributed by atoms with van der Waals surface area (Å²) in [5.74, 6) is -0.132. The Morgan fingerprint density at radius 3 is 2.69 bits per heavy atom. The van der Waals surface area contributed by atoms with Gasteiger partial charge in [0.1, 0.15) is 6.26 Å². The summed E-state index contributed by atoms with van der Waals surface area (Å²) in [5.41, 5.74) is 0.508. The molecule has 2 amide bonds. The van der Waals surface area contributed by atoms with Gasteiger partial charge in [0.25, 0.3) is 5.91 Å². The van der Waals surface area contributed by atoms with Gasteiger partial charge in [-0.2, -0.15) is 0 Å². The number of hydrogen-bond acceptors (Lipinski definition) is 5. The third kappa shape index (κ3) is 8.19. The molecule has 0 saturated carbocycles. The van der Waals surface area contributed by atoms with Crippen LogP contribution in [-0.2, 0) is 9.53 Å². The molecule has 29 heavy (non-hydrogen) atoms. The molecular formula is C22H37N3O4. The molecule has 1 aromatic rings. The Balaban J connectivity index is 1.77. The van der Waals surface area contributed by atoms with Crippen LogP contribution in [0.4, 0.5) is 0 Å². The van der Waals surface area contributed by atoms with Gasteiger partial charge in [0, 0.05) is 32.2 Å². The van der Waals surface area contributed by atoms with Gasteiger partial charge in [0.15, 0.2) is 0 Å². The number of rotatable bonds is 13. The average molecular weight is 408 g/mol. The highest BCUT2D eigenvalue weighted by molar-refractivity contribution is 5.94. The Hall–Kier alpha value is -1.86. The number of nitrogens with zero attached hydrogens (tertiary/aromatic N) is 2. The van der Waals surface area contributed by atoms with Gasteiger partial charge in [-0.25, -0.2) is 0 Å². The zero-order chi connectivity index (χ0) is 21.1. The van der Waals surface area contributed by atoms with Crippen LogP contribution >= 0.6 is 0 Å². The molecule has 1 N–H and O–H groups in total.